The van der Waals surface area contributed by atoms with E-state index >= 15 is 0 Å². The molecule has 0 saturated heterocycles. The Bertz CT molecular complexity index is 1090. The van der Waals surface area contributed by atoms with E-state index in [4.69, 9.17) is 38.9 Å². The molecule has 2 unspecified atom stereocenters. The molecule has 0 aliphatic carbocycles. The second kappa shape index (κ2) is 11.9. The van der Waals surface area contributed by atoms with Gasteiger partial charge in [0.2, 0.25) is 0 Å². The van der Waals surface area contributed by atoms with Gasteiger partial charge < -0.3 is 35.7 Å². The number of ether oxygens (including phenoxy) is 2. The molecule has 3 aromatic rings. The molecule has 0 fully saturated rings. The van der Waals surface area contributed by atoms with Gasteiger partial charge in [0.05, 0.1) is 24.2 Å². The molecule has 0 spiro atoms. The number of fused-ring (bicyclic) bond motifs is 1. The summed E-state index contributed by atoms with van der Waals surface area (Å²) in [5, 5.41) is 13.9. The quantitative estimate of drug-likeness (QED) is 0.289. The van der Waals surface area contributed by atoms with Crippen molar-refractivity contribution in [3.8, 4) is 11.4 Å². The second-order valence-corrected chi connectivity index (χ2v) is 8.62. The summed E-state index contributed by atoms with van der Waals surface area (Å²) in [6, 6.07) is 14.1. The van der Waals surface area contributed by atoms with E-state index in [-0.39, 0.29) is 12.1 Å². The van der Waals surface area contributed by atoms with Crippen LogP contribution in [-0.2, 0) is 9.47 Å². The summed E-state index contributed by atoms with van der Waals surface area (Å²) in [6.07, 6.45) is 0. The Hall–Kier alpha value is -2.79. The second-order valence-electron chi connectivity index (χ2n) is 7.80. The van der Waals surface area contributed by atoms with Gasteiger partial charge in [-0.15, -0.1) is 0 Å². The predicted octanol–water partition coefficient (Wildman–Crippen LogP) is 3.87. The molecule has 5 N–H and O–H groups in total. The maximum atomic E-state index is 5.38. The number of methoxy groups -OCH3 is 2. The minimum atomic E-state index is 0.119. The SMILES string of the molecule is COCC(C)NC(=S)Nc1ccc(-c2nc3ccc(NC(=S)NC(C)COC)cc3[nH]2)cc1. The molecule has 0 aliphatic heterocycles. The molecule has 176 valence electrons. The van der Waals surface area contributed by atoms with Gasteiger partial charge in [0.1, 0.15) is 5.82 Å². The van der Waals surface area contributed by atoms with Crippen LogP contribution in [0.4, 0.5) is 11.4 Å². The molecule has 0 radical (unpaired) electrons. The van der Waals surface area contributed by atoms with E-state index in [1.807, 2.05) is 56.3 Å². The molecule has 10 heteroatoms. The average molecular weight is 487 g/mol. The lowest BCUT2D eigenvalue weighted by atomic mass is 10.2. The third-order valence-corrected chi connectivity index (χ3v) is 5.18. The molecule has 8 nitrogen and oxygen atoms in total. The molecule has 2 atom stereocenters. The van der Waals surface area contributed by atoms with E-state index in [1.54, 1.807) is 14.2 Å². The number of nitrogens with zero attached hydrogens (tertiary/aromatic N) is 1. The summed E-state index contributed by atoms with van der Waals surface area (Å²) in [4.78, 5) is 8.09. The number of hydrogen-bond acceptors (Lipinski definition) is 5. The lowest BCUT2D eigenvalue weighted by Crippen LogP contribution is -2.38. The van der Waals surface area contributed by atoms with Crippen molar-refractivity contribution in [3.63, 3.8) is 0 Å². The third-order valence-electron chi connectivity index (χ3n) is 4.74. The summed E-state index contributed by atoms with van der Waals surface area (Å²) in [5.41, 5.74) is 4.54. The highest BCUT2D eigenvalue weighted by Crippen LogP contribution is 2.24. The largest absolute Gasteiger partial charge is 0.383 e. The number of rotatable bonds is 9. The maximum absolute atomic E-state index is 5.38. The van der Waals surface area contributed by atoms with Gasteiger partial charge in [-0.1, -0.05) is 0 Å². The van der Waals surface area contributed by atoms with E-state index in [2.05, 4.69) is 26.3 Å². The molecule has 0 aliphatic rings. The van der Waals surface area contributed by atoms with Crippen LogP contribution >= 0.6 is 24.4 Å². The first-order valence-electron chi connectivity index (χ1n) is 10.6. The van der Waals surface area contributed by atoms with E-state index in [0.717, 1.165) is 33.8 Å². The van der Waals surface area contributed by atoms with Gasteiger partial charge >= 0.3 is 0 Å². The van der Waals surface area contributed by atoms with Crippen molar-refractivity contribution < 1.29 is 9.47 Å². The fourth-order valence-corrected chi connectivity index (χ4v) is 3.94. The van der Waals surface area contributed by atoms with Gasteiger partial charge in [-0.3, -0.25) is 0 Å². The zero-order valence-corrected chi connectivity index (χ0v) is 20.8. The minimum Gasteiger partial charge on any atom is -0.383 e. The number of aromatic amines is 1. The number of nitrogens with one attached hydrogen (secondary N) is 5. The first-order chi connectivity index (χ1) is 15.9. The molecule has 0 saturated carbocycles. The molecule has 33 heavy (non-hydrogen) atoms. The van der Waals surface area contributed by atoms with Crippen molar-refractivity contribution >= 4 is 57.1 Å². The van der Waals surface area contributed by atoms with Crippen LogP contribution in [0.15, 0.2) is 42.5 Å². The van der Waals surface area contributed by atoms with E-state index in [1.165, 1.54) is 0 Å². The molecule has 1 aromatic heterocycles. The Labute approximate surface area is 204 Å². The number of anilines is 2. The van der Waals surface area contributed by atoms with Crippen molar-refractivity contribution in [2.45, 2.75) is 25.9 Å². The number of imidazole rings is 1. The number of aromatic nitrogens is 2. The van der Waals surface area contributed by atoms with Gasteiger partial charge in [0, 0.05) is 43.2 Å². The lowest BCUT2D eigenvalue weighted by Gasteiger charge is -2.16. The van der Waals surface area contributed by atoms with Crippen molar-refractivity contribution in [2.75, 3.05) is 38.1 Å². The van der Waals surface area contributed by atoms with Crippen LogP contribution in [0.1, 0.15) is 13.8 Å². The van der Waals surface area contributed by atoms with Crippen LogP contribution in [0.5, 0.6) is 0 Å². The van der Waals surface area contributed by atoms with Crippen molar-refractivity contribution in [1.29, 1.82) is 0 Å². The van der Waals surface area contributed by atoms with Crippen LogP contribution in [0.2, 0.25) is 0 Å². The number of benzene rings is 2. The molecule has 3 rings (SSSR count). The van der Waals surface area contributed by atoms with Crippen molar-refractivity contribution in [1.82, 2.24) is 20.6 Å². The summed E-state index contributed by atoms with van der Waals surface area (Å²) in [6.45, 7) is 5.18. The molecular weight excluding hydrogens is 456 g/mol. The van der Waals surface area contributed by atoms with Gasteiger partial charge in [0.25, 0.3) is 0 Å². The fourth-order valence-electron chi connectivity index (χ4n) is 3.30. The van der Waals surface area contributed by atoms with Crippen LogP contribution < -0.4 is 21.3 Å². The first-order valence-corrected chi connectivity index (χ1v) is 11.4. The molecule has 2 aromatic carbocycles. The Kier molecular flexibility index (Phi) is 8.95. The highest BCUT2D eigenvalue weighted by Gasteiger charge is 2.09. The lowest BCUT2D eigenvalue weighted by molar-refractivity contribution is 0.179. The molecule has 1 heterocycles. The average Bonchev–Trinajstić information content (AvgIpc) is 3.17. The Morgan fingerprint density at radius 3 is 2.00 bits per heavy atom. The summed E-state index contributed by atoms with van der Waals surface area (Å²) in [5.74, 6) is 0.789. The molecule has 0 amide bonds. The van der Waals surface area contributed by atoms with Crippen LogP contribution in [0.25, 0.3) is 22.4 Å². The van der Waals surface area contributed by atoms with Gasteiger partial charge in [-0.05, 0) is 80.7 Å². The van der Waals surface area contributed by atoms with E-state index in [0.29, 0.717) is 23.4 Å². The third kappa shape index (κ3) is 7.36. The summed E-state index contributed by atoms with van der Waals surface area (Å²) in [7, 11) is 3.33. The number of thiocarbonyl (C=S) groups is 2. The number of H-pyrrole nitrogens is 1. The van der Waals surface area contributed by atoms with Crippen LogP contribution in [0.3, 0.4) is 0 Å². The maximum Gasteiger partial charge on any atom is 0.171 e. The van der Waals surface area contributed by atoms with Gasteiger partial charge in [-0.2, -0.15) is 0 Å². The normalized spacial score (nSPS) is 12.7. The molecule has 0 bridgehead atoms. The van der Waals surface area contributed by atoms with E-state index < -0.39 is 0 Å². The summed E-state index contributed by atoms with van der Waals surface area (Å²) < 4.78 is 10.2. The highest BCUT2D eigenvalue weighted by molar-refractivity contribution is 7.80. The van der Waals surface area contributed by atoms with E-state index in [9.17, 15) is 0 Å². The van der Waals surface area contributed by atoms with Crippen molar-refractivity contribution in [2.24, 2.45) is 0 Å². The van der Waals surface area contributed by atoms with Crippen molar-refractivity contribution in [3.05, 3.63) is 42.5 Å². The van der Waals surface area contributed by atoms with Crippen LogP contribution in [-0.4, -0.2) is 59.7 Å². The van der Waals surface area contributed by atoms with Crippen LogP contribution in [0, 0.1) is 0 Å². The zero-order chi connectivity index (χ0) is 23.8. The monoisotopic (exact) mass is 486 g/mol. The highest BCUT2D eigenvalue weighted by atomic mass is 32.1. The Morgan fingerprint density at radius 1 is 0.879 bits per heavy atom. The topological polar surface area (TPSA) is 95.3 Å². The minimum absolute atomic E-state index is 0.119. The summed E-state index contributed by atoms with van der Waals surface area (Å²) >= 11 is 10.7. The van der Waals surface area contributed by atoms with Gasteiger partial charge in [0.15, 0.2) is 10.2 Å². The standard InChI is InChI=1S/C23H30N6O2S2/c1-14(12-30-3)24-22(32)26-17-7-5-16(6-8-17)21-28-19-10-9-18(11-20(19)29-21)27-23(33)25-15(2)13-31-4/h5-11,14-15H,12-13H2,1-4H3,(H,28,29)(H2,24,26,32)(H2,25,27,33). The Balaban J connectivity index is 1.64. The Morgan fingerprint density at radius 2 is 1.42 bits per heavy atom. The smallest absolute Gasteiger partial charge is 0.171 e. The number of hydrogen-bond donors (Lipinski definition) is 5. The predicted molar refractivity (Wildman–Crippen MR) is 143 cm³/mol. The van der Waals surface area contributed by atoms with Gasteiger partial charge in [-0.25, -0.2) is 4.98 Å². The zero-order valence-electron chi connectivity index (χ0n) is 19.2. The fraction of sp³-hybridized carbons (Fsp3) is 0.348. The molecular formula is C23H30N6O2S2. The first kappa shape index (κ1) is 24.8.